The third-order valence-corrected chi connectivity index (χ3v) is 5.40. The van der Waals surface area contributed by atoms with Crippen LogP contribution in [0.4, 0.5) is 11.4 Å². The number of hydrogen-bond donors (Lipinski definition) is 2. The molecule has 0 aromatic heterocycles. The second kappa shape index (κ2) is 17.0. The van der Waals surface area contributed by atoms with Gasteiger partial charge in [0.2, 0.25) is 0 Å². The number of rotatable bonds is 17. The van der Waals surface area contributed by atoms with Gasteiger partial charge in [-0.05, 0) is 37.8 Å². The van der Waals surface area contributed by atoms with Gasteiger partial charge in [-0.15, -0.1) is 0 Å². The third-order valence-electron chi connectivity index (χ3n) is 5.40. The van der Waals surface area contributed by atoms with E-state index in [1.165, 1.54) is 61.0 Å². The molecule has 0 unspecified atom stereocenters. The molecule has 2 rings (SSSR count). The van der Waals surface area contributed by atoms with Gasteiger partial charge in [0.25, 0.3) is 0 Å². The van der Waals surface area contributed by atoms with Crippen molar-refractivity contribution in [2.75, 3.05) is 36.8 Å². The van der Waals surface area contributed by atoms with Gasteiger partial charge in [0.05, 0.1) is 0 Å². The first-order valence-corrected chi connectivity index (χ1v) is 12.5. The van der Waals surface area contributed by atoms with E-state index in [0.29, 0.717) is 0 Å². The van der Waals surface area contributed by atoms with Crippen LogP contribution in [-0.2, 0) is 0 Å². The molecule has 0 bridgehead atoms. The highest BCUT2D eigenvalue weighted by Gasteiger charge is 1.99. The molecule has 32 heavy (non-hydrogen) atoms. The first kappa shape index (κ1) is 25.6. The topological polar surface area (TPSA) is 48.8 Å². The van der Waals surface area contributed by atoms with E-state index in [2.05, 4.69) is 83.0 Å². The molecule has 4 nitrogen and oxygen atoms in total. The van der Waals surface area contributed by atoms with Gasteiger partial charge in [-0.25, -0.2) is 0 Å². The van der Waals surface area contributed by atoms with Crippen LogP contribution >= 0.6 is 0 Å². The number of aliphatic imine (C=N–C) groups is 2. The van der Waals surface area contributed by atoms with Gasteiger partial charge in [0.15, 0.2) is 0 Å². The Morgan fingerprint density at radius 3 is 1.47 bits per heavy atom. The summed E-state index contributed by atoms with van der Waals surface area (Å²) in [6, 6.07) is 16.8. The van der Waals surface area contributed by atoms with E-state index in [1.54, 1.807) is 0 Å². The van der Waals surface area contributed by atoms with Crippen molar-refractivity contribution in [3.05, 3.63) is 59.7 Å². The highest BCUT2D eigenvalue weighted by Crippen LogP contribution is 2.14. The van der Waals surface area contributed by atoms with Crippen LogP contribution in [0.3, 0.4) is 0 Å². The quantitative estimate of drug-likeness (QED) is 0.204. The molecule has 2 aromatic carbocycles. The Morgan fingerprint density at radius 1 is 0.594 bits per heavy atom. The lowest BCUT2D eigenvalue weighted by atomic mass is 10.1. The van der Waals surface area contributed by atoms with E-state index in [1.807, 2.05) is 12.4 Å². The smallest absolute Gasteiger partial charge is 0.0429 e. The fourth-order valence-electron chi connectivity index (χ4n) is 3.43. The van der Waals surface area contributed by atoms with Crippen LogP contribution in [0.15, 0.2) is 58.5 Å². The molecule has 0 aliphatic carbocycles. The van der Waals surface area contributed by atoms with Crippen LogP contribution in [0.25, 0.3) is 0 Å². The maximum absolute atomic E-state index is 4.64. The number of unbranched alkanes of at least 4 members (excludes halogenated alkanes) is 5. The normalized spacial score (nSPS) is 11.4. The van der Waals surface area contributed by atoms with Gasteiger partial charge in [-0.2, -0.15) is 0 Å². The van der Waals surface area contributed by atoms with Crippen molar-refractivity contribution >= 4 is 23.8 Å². The SMILES string of the molecule is CCCCNc1ccccc1C=NCCCCCCN=Cc1ccccc1NCCCC. The van der Waals surface area contributed by atoms with Gasteiger partial charge in [0.1, 0.15) is 0 Å². The molecule has 0 spiro atoms. The number of benzene rings is 2. The predicted octanol–water partition coefficient (Wildman–Crippen LogP) is 7.21. The van der Waals surface area contributed by atoms with Crippen molar-refractivity contribution in [2.24, 2.45) is 9.98 Å². The van der Waals surface area contributed by atoms with Gasteiger partial charge in [-0.3, -0.25) is 9.98 Å². The molecule has 0 saturated carbocycles. The van der Waals surface area contributed by atoms with E-state index >= 15 is 0 Å². The predicted molar refractivity (Wildman–Crippen MR) is 143 cm³/mol. The summed E-state index contributed by atoms with van der Waals surface area (Å²) in [5.41, 5.74) is 4.74. The van der Waals surface area contributed by atoms with Crippen molar-refractivity contribution < 1.29 is 0 Å². The van der Waals surface area contributed by atoms with E-state index in [4.69, 9.17) is 0 Å². The standard InChI is InChI=1S/C28H42N4/c1-3-5-21-31-27-17-11-9-15-25(27)23-29-19-13-7-8-14-20-30-24-26-16-10-12-18-28(26)32-22-6-4-2/h9-12,15-18,23-24,31-32H,3-8,13-14,19-22H2,1-2H3. The van der Waals surface area contributed by atoms with Crippen LogP contribution in [0, 0.1) is 0 Å². The summed E-state index contributed by atoms with van der Waals surface area (Å²) in [6.45, 7) is 8.25. The Kier molecular flexibility index (Phi) is 13.6. The monoisotopic (exact) mass is 434 g/mol. The molecule has 4 heteroatoms. The van der Waals surface area contributed by atoms with Crippen LogP contribution in [0.2, 0.25) is 0 Å². The lowest BCUT2D eigenvalue weighted by Gasteiger charge is -2.08. The summed E-state index contributed by atoms with van der Waals surface area (Å²) in [5.74, 6) is 0. The van der Waals surface area contributed by atoms with E-state index in [0.717, 1.165) is 39.0 Å². The highest BCUT2D eigenvalue weighted by molar-refractivity contribution is 5.88. The molecule has 0 saturated heterocycles. The van der Waals surface area contributed by atoms with Crippen molar-refractivity contribution in [1.29, 1.82) is 0 Å². The lowest BCUT2D eigenvalue weighted by Crippen LogP contribution is -2.03. The molecule has 0 aliphatic heterocycles. The van der Waals surface area contributed by atoms with Crippen molar-refractivity contribution in [1.82, 2.24) is 0 Å². The number of hydrogen-bond acceptors (Lipinski definition) is 4. The first-order chi connectivity index (χ1) is 15.8. The Bertz CT molecular complexity index is 730. The molecule has 0 amide bonds. The maximum Gasteiger partial charge on any atom is 0.0429 e. The van der Waals surface area contributed by atoms with Gasteiger partial charge in [0, 0.05) is 61.1 Å². The number of para-hydroxylation sites is 2. The molecule has 0 heterocycles. The molecule has 2 aromatic rings. The van der Waals surface area contributed by atoms with Crippen LogP contribution in [0.1, 0.15) is 76.3 Å². The first-order valence-electron chi connectivity index (χ1n) is 12.5. The zero-order valence-electron chi connectivity index (χ0n) is 20.2. The van der Waals surface area contributed by atoms with Crippen LogP contribution < -0.4 is 10.6 Å². The summed E-state index contributed by atoms with van der Waals surface area (Å²) in [6.07, 6.45) is 13.5. The Balaban J connectivity index is 1.61. The Hall–Kier alpha value is -2.62. The van der Waals surface area contributed by atoms with Crippen LogP contribution in [-0.4, -0.2) is 38.6 Å². The van der Waals surface area contributed by atoms with Gasteiger partial charge in [-0.1, -0.05) is 75.9 Å². The molecule has 2 N–H and O–H groups in total. The average Bonchev–Trinajstić information content (AvgIpc) is 2.82. The minimum atomic E-state index is 0.892. The van der Waals surface area contributed by atoms with Crippen molar-refractivity contribution in [3.8, 4) is 0 Å². The van der Waals surface area contributed by atoms with E-state index in [9.17, 15) is 0 Å². The third kappa shape index (κ3) is 10.6. The molecular weight excluding hydrogens is 392 g/mol. The molecule has 174 valence electrons. The molecule has 0 fully saturated rings. The van der Waals surface area contributed by atoms with Crippen LogP contribution in [0.5, 0.6) is 0 Å². The summed E-state index contributed by atoms with van der Waals surface area (Å²) in [4.78, 5) is 9.29. The number of anilines is 2. The van der Waals surface area contributed by atoms with E-state index < -0.39 is 0 Å². The summed E-state index contributed by atoms with van der Waals surface area (Å²) in [7, 11) is 0. The maximum atomic E-state index is 4.64. The fourth-order valence-corrected chi connectivity index (χ4v) is 3.43. The summed E-state index contributed by atoms with van der Waals surface area (Å²) in [5, 5.41) is 7.03. The lowest BCUT2D eigenvalue weighted by molar-refractivity contribution is 0.655. The molecule has 0 aliphatic rings. The molecule has 0 radical (unpaired) electrons. The zero-order valence-corrected chi connectivity index (χ0v) is 20.2. The van der Waals surface area contributed by atoms with Crippen molar-refractivity contribution in [3.63, 3.8) is 0 Å². The van der Waals surface area contributed by atoms with E-state index in [-0.39, 0.29) is 0 Å². The summed E-state index contributed by atoms with van der Waals surface area (Å²) >= 11 is 0. The minimum Gasteiger partial charge on any atom is -0.385 e. The second-order valence-electron chi connectivity index (χ2n) is 8.22. The second-order valence-corrected chi connectivity index (χ2v) is 8.22. The Labute approximate surface area is 195 Å². The van der Waals surface area contributed by atoms with Gasteiger partial charge >= 0.3 is 0 Å². The zero-order chi connectivity index (χ0) is 22.7. The molecule has 0 atom stereocenters. The average molecular weight is 435 g/mol. The number of nitrogens with one attached hydrogen (secondary N) is 2. The Morgan fingerprint density at radius 2 is 1.03 bits per heavy atom. The summed E-state index contributed by atoms with van der Waals surface area (Å²) < 4.78 is 0. The fraction of sp³-hybridized carbons (Fsp3) is 0.500. The largest absolute Gasteiger partial charge is 0.385 e. The minimum absolute atomic E-state index is 0.892. The van der Waals surface area contributed by atoms with Crippen molar-refractivity contribution in [2.45, 2.75) is 65.2 Å². The van der Waals surface area contributed by atoms with Gasteiger partial charge < -0.3 is 10.6 Å². The number of nitrogens with zero attached hydrogens (tertiary/aromatic N) is 2. The highest BCUT2D eigenvalue weighted by atomic mass is 14.9. The molecular formula is C28H42N4.